The van der Waals surface area contributed by atoms with Gasteiger partial charge in [0.05, 0.1) is 0 Å². The highest BCUT2D eigenvalue weighted by atomic mass is 16.6. The van der Waals surface area contributed by atoms with Crippen LogP contribution in [0, 0.1) is 0 Å². The molecule has 0 saturated carbocycles. The lowest BCUT2D eigenvalue weighted by molar-refractivity contribution is 0.0543. The summed E-state index contributed by atoms with van der Waals surface area (Å²) in [7, 11) is 0. The second kappa shape index (κ2) is 6.37. The first-order chi connectivity index (χ1) is 8.79. The van der Waals surface area contributed by atoms with E-state index in [0.29, 0.717) is 13.1 Å². The quantitative estimate of drug-likeness (QED) is 0.802. The molecule has 2 N–H and O–H groups in total. The molecule has 98 valence electrons. The van der Waals surface area contributed by atoms with Gasteiger partial charge in [-0.25, -0.2) is 10.3 Å². The van der Waals surface area contributed by atoms with Crippen molar-refractivity contribution in [1.82, 2.24) is 10.4 Å². The Morgan fingerprint density at radius 2 is 2.22 bits per heavy atom. The predicted octanol–water partition coefficient (Wildman–Crippen LogP) is 1.77. The number of carbonyl (C=O) groups is 1. The zero-order valence-corrected chi connectivity index (χ0v) is 10.2. The number of hydrogen-bond acceptors (Lipinski definition) is 4. The van der Waals surface area contributed by atoms with Crippen molar-refractivity contribution in [2.45, 2.75) is 25.5 Å². The van der Waals surface area contributed by atoms with E-state index in [9.17, 15) is 4.79 Å². The summed E-state index contributed by atoms with van der Waals surface area (Å²) >= 11 is 0. The molecule has 0 bridgehead atoms. The van der Waals surface area contributed by atoms with Gasteiger partial charge in [-0.05, 0) is 18.4 Å². The van der Waals surface area contributed by atoms with Crippen molar-refractivity contribution in [3.63, 3.8) is 0 Å². The normalized spacial score (nSPS) is 19.6. The molecule has 0 aromatic heterocycles. The van der Waals surface area contributed by atoms with Gasteiger partial charge in [-0.15, -0.1) is 0 Å². The molecule has 1 aliphatic heterocycles. The standard InChI is InChI=1S/C13H18N2O3/c16-13(15-8-4-7-12(9-15)14-17)18-10-11-5-2-1-3-6-11/h1-3,5-6,12,14,17H,4,7-10H2/t12-/m1/s1. The van der Waals surface area contributed by atoms with Crippen molar-refractivity contribution in [3.8, 4) is 0 Å². The summed E-state index contributed by atoms with van der Waals surface area (Å²) < 4.78 is 5.24. The highest BCUT2D eigenvalue weighted by Crippen LogP contribution is 2.11. The van der Waals surface area contributed by atoms with Gasteiger partial charge in [0.2, 0.25) is 0 Å². The summed E-state index contributed by atoms with van der Waals surface area (Å²) in [6.07, 6.45) is 1.43. The third-order valence-electron chi connectivity index (χ3n) is 3.07. The van der Waals surface area contributed by atoms with Crippen LogP contribution < -0.4 is 5.48 Å². The maximum Gasteiger partial charge on any atom is 0.410 e. The van der Waals surface area contributed by atoms with Crippen LogP contribution in [0.3, 0.4) is 0 Å². The third kappa shape index (κ3) is 3.45. The Labute approximate surface area is 106 Å². The van der Waals surface area contributed by atoms with E-state index < -0.39 is 0 Å². The minimum atomic E-state index is -0.321. The van der Waals surface area contributed by atoms with E-state index in [0.717, 1.165) is 18.4 Å². The summed E-state index contributed by atoms with van der Waals surface area (Å²) in [4.78, 5) is 13.5. The zero-order chi connectivity index (χ0) is 12.8. The smallest absolute Gasteiger partial charge is 0.410 e. The first-order valence-corrected chi connectivity index (χ1v) is 6.15. The van der Waals surface area contributed by atoms with E-state index in [-0.39, 0.29) is 18.7 Å². The molecule has 0 unspecified atom stereocenters. The van der Waals surface area contributed by atoms with Gasteiger partial charge in [0.25, 0.3) is 0 Å². The summed E-state index contributed by atoms with van der Waals surface area (Å²) in [6.45, 7) is 1.46. The lowest BCUT2D eigenvalue weighted by atomic mass is 10.1. The molecule has 0 radical (unpaired) electrons. The van der Waals surface area contributed by atoms with E-state index in [1.54, 1.807) is 4.90 Å². The Morgan fingerprint density at radius 3 is 2.94 bits per heavy atom. The SMILES string of the molecule is O=C(OCc1ccccc1)N1CCC[C@@H](NO)C1. The minimum Gasteiger partial charge on any atom is -0.445 e. The van der Waals surface area contributed by atoms with Crippen LogP contribution in [-0.4, -0.2) is 35.3 Å². The van der Waals surface area contributed by atoms with Gasteiger partial charge in [0.1, 0.15) is 6.61 Å². The zero-order valence-electron chi connectivity index (χ0n) is 10.2. The number of nitrogens with one attached hydrogen (secondary N) is 1. The number of piperidine rings is 1. The molecular weight excluding hydrogens is 232 g/mol. The molecule has 1 amide bonds. The van der Waals surface area contributed by atoms with Crippen molar-refractivity contribution in [3.05, 3.63) is 35.9 Å². The maximum atomic E-state index is 11.8. The summed E-state index contributed by atoms with van der Waals surface area (Å²) in [6, 6.07) is 9.53. The van der Waals surface area contributed by atoms with Gasteiger partial charge in [-0.3, -0.25) is 0 Å². The Morgan fingerprint density at radius 1 is 1.44 bits per heavy atom. The van der Waals surface area contributed by atoms with Crippen molar-refractivity contribution in [2.75, 3.05) is 13.1 Å². The molecule has 2 rings (SSSR count). The van der Waals surface area contributed by atoms with Gasteiger partial charge in [0, 0.05) is 19.1 Å². The maximum absolute atomic E-state index is 11.8. The first kappa shape index (κ1) is 12.9. The van der Waals surface area contributed by atoms with Crippen LogP contribution >= 0.6 is 0 Å². The van der Waals surface area contributed by atoms with Gasteiger partial charge < -0.3 is 14.8 Å². The Hall–Kier alpha value is -1.59. The van der Waals surface area contributed by atoms with Crippen molar-refractivity contribution in [2.24, 2.45) is 0 Å². The van der Waals surface area contributed by atoms with Crippen LogP contribution in [0.4, 0.5) is 4.79 Å². The molecule has 1 aromatic rings. The molecule has 0 spiro atoms. The highest BCUT2D eigenvalue weighted by molar-refractivity contribution is 5.67. The number of hydroxylamine groups is 1. The van der Waals surface area contributed by atoms with Crippen molar-refractivity contribution >= 4 is 6.09 Å². The van der Waals surface area contributed by atoms with E-state index in [1.807, 2.05) is 30.3 Å². The predicted molar refractivity (Wildman–Crippen MR) is 66.1 cm³/mol. The number of benzene rings is 1. The number of likely N-dealkylation sites (tertiary alicyclic amines) is 1. The molecule has 1 aliphatic rings. The molecule has 1 saturated heterocycles. The number of hydrogen-bond donors (Lipinski definition) is 2. The van der Waals surface area contributed by atoms with Crippen LogP contribution in [0.5, 0.6) is 0 Å². The van der Waals surface area contributed by atoms with Crippen LogP contribution in [0.2, 0.25) is 0 Å². The fourth-order valence-corrected chi connectivity index (χ4v) is 2.06. The third-order valence-corrected chi connectivity index (χ3v) is 3.07. The largest absolute Gasteiger partial charge is 0.445 e. The number of rotatable bonds is 3. The number of carbonyl (C=O) groups excluding carboxylic acids is 1. The van der Waals surface area contributed by atoms with Gasteiger partial charge >= 0.3 is 6.09 Å². The fraction of sp³-hybridized carbons (Fsp3) is 0.462. The van der Waals surface area contributed by atoms with E-state index in [1.165, 1.54) is 0 Å². The van der Waals surface area contributed by atoms with E-state index in [2.05, 4.69) is 5.48 Å². The molecule has 0 aliphatic carbocycles. The Bertz CT molecular complexity index is 383. The van der Waals surface area contributed by atoms with Crippen LogP contribution in [0.1, 0.15) is 18.4 Å². The second-order valence-electron chi connectivity index (χ2n) is 4.45. The number of nitrogens with zero attached hydrogens (tertiary/aromatic N) is 1. The Balaban J connectivity index is 1.81. The lowest BCUT2D eigenvalue weighted by Crippen LogP contribution is -2.47. The summed E-state index contributed by atoms with van der Waals surface area (Å²) in [5.74, 6) is 0. The van der Waals surface area contributed by atoms with Crippen LogP contribution in [0.15, 0.2) is 30.3 Å². The van der Waals surface area contributed by atoms with Crippen molar-refractivity contribution < 1.29 is 14.7 Å². The molecule has 1 fully saturated rings. The monoisotopic (exact) mass is 250 g/mol. The highest BCUT2D eigenvalue weighted by Gasteiger charge is 2.24. The fourth-order valence-electron chi connectivity index (χ4n) is 2.06. The van der Waals surface area contributed by atoms with Gasteiger partial charge in [0.15, 0.2) is 0 Å². The minimum absolute atomic E-state index is 0.0528. The first-order valence-electron chi connectivity index (χ1n) is 6.15. The van der Waals surface area contributed by atoms with Crippen LogP contribution in [0.25, 0.3) is 0 Å². The topological polar surface area (TPSA) is 61.8 Å². The van der Waals surface area contributed by atoms with Gasteiger partial charge in [-0.2, -0.15) is 0 Å². The summed E-state index contributed by atoms with van der Waals surface area (Å²) in [5.41, 5.74) is 3.19. The average Bonchev–Trinajstić information content (AvgIpc) is 2.46. The molecule has 18 heavy (non-hydrogen) atoms. The lowest BCUT2D eigenvalue weighted by Gasteiger charge is -2.31. The molecule has 5 nitrogen and oxygen atoms in total. The molecule has 1 aromatic carbocycles. The average molecular weight is 250 g/mol. The van der Waals surface area contributed by atoms with E-state index in [4.69, 9.17) is 9.94 Å². The molecule has 1 atom stereocenters. The van der Waals surface area contributed by atoms with E-state index >= 15 is 0 Å². The summed E-state index contributed by atoms with van der Waals surface area (Å²) in [5, 5.41) is 8.87. The Kier molecular flexibility index (Phi) is 4.55. The van der Waals surface area contributed by atoms with Crippen LogP contribution in [-0.2, 0) is 11.3 Å². The molecular formula is C13H18N2O3. The van der Waals surface area contributed by atoms with Crippen molar-refractivity contribution in [1.29, 1.82) is 0 Å². The number of ether oxygens (including phenoxy) is 1. The molecule has 5 heteroatoms. The molecule has 1 heterocycles. The number of amides is 1. The van der Waals surface area contributed by atoms with Gasteiger partial charge in [-0.1, -0.05) is 30.3 Å². The second-order valence-corrected chi connectivity index (χ2v) is 4.45.